The van der Waals surface area contributed by atoms with Gasteiger partial charge in [-0.05, 0) is 25.5 Å². The molecule has 0 amide bonds. The number of rotatable bonds is 6. The van der Waals surface area contributed by atoms with Gasteiger partial charge in [-0.25, -0.2) is 4.79 Å². The van der Waals surface area contributed by atoms with E-state index in [1.54, 1.807) is 6.92 Å². The lowest BCUT2D eigenvalue weighted by Crippen LogP contribution is -2.15. The zero-order valence-electron chi connectivity index (χ0n) is 14.1. The molecule has 1 aromatic heterocycles. The highest BCUT2D eigenvalue weighted by molar-refractivity contribution is 5.97. The molecule has 8 heteroatoms. The van der Waals surface area contributed by atoms with E-state index in [1.165, 1.54) is 16.8 Å². The number of ether oxygens (including phenoxy) is 1. The summed E-state index contributed by atoms with van der Waals surface area (Å²) < 4.78 is 44.6. The first-order valence-corrected chi connectivity index (χ1v) is 8.00. The number of esters is 1. The maximum absolute atomic E-state index is 12.7. The Morgan fingerprint density at radius 1 is 1.24 bits per heavy atom. The van der Waals surface area contributed by atoms with Crippen LogP contribution in [0, 0.1) is 0 Å². The predicted molar refractivity (Wildman–Crippen MR) is 87.9 cm³/mol. The highest BCUT2D eigenvalue weighted by atomic mass is 19.4. The molecule has 0 fully saturated rings. The van der Waals surface area contributed by atoms with E-state index in [4.69, 9.17) is 10.5 Å². The standard InChI is InChI=1S/C17H20F3N3O2/c1-3-5-10-23-15(16(24)25-4-2)13(21)14(22-23)11-6-8-12(9-7-11)17(18,19)20/h6-9H,3-5,10,21H2,1-2H3. The minimum atomic E-state index is -4.42. The van der Waals surface area contributed by atoms with Gasteiger partial charge in [0.05, 0.1) is 17.9 Å². The van der Waals surface area contributed by atoms with Crippen molar-refractivity contribution in [1.29, 1.82) is 0 Å². The first-order valence-electron chi connectivity index (χ1n) is 8.00. The quantitative estimate of drug-likeness (QED) is 0.791. The minimum absolute atomic E-state index is 0.106. The summed E-state index contributed by atoms with van der Waals surface area (Å²) in [4.78, 5) is 12.2. The van der Waals surface area contributed by atoms with Crippen molar-refractivity contribution >= 4 is 11.7 Å². The lowest BCUT2D eigenvalue weighted by Gasteiger charge is -2.07. The number of anilines is 1. The lowest BCUT2D eigenvalue weighted by atomic mass is 10.1. The van der Waals surface area contributed by atoms with Gasteiger partial charge in [0.2, 0.25) is 0 Å². The monoisotopic (exact) mass is 355 g/mol. The van der Waals surface area contributed by atoms with Crippen LogP contribution >= 0.6 is 0 Å². The van der Waals surface area contributed by atoms with Crippen LogP contribution in [0.4, 0.5) is 18.9 Å². The molecule has 25 heavy (non-hydrogen) atoms. The number of hydrogen-bond acceptors (Lipinski definition) is 4. The van der Waals surface area contributed by atoms with E-state index in [2.05, 4.69) is 5.10 Å². The summed E-state index contributed by atoms with van der Waals surface area (Å²) in [5, 5.41) is 4.32. The third-order valence-electron chi connectivity index (χ3n) is 3.67. The van der Waals surface area contributed by atoms with Gasteiger partial charge in [0.1, 0.15) is 5.69 Å². The molecule has 2 N–H and O–H groups in total. The molecular formula is C17H20F3N3O2. The second-order valence-electron chi connectivity index (χ2n) is 5.48. The highest BCUT2D eigenvalue weighted by Gasteiger charge is 2.30. The third kappa shape index (κ3) is 4.12. The number of unbranched alkanes of at least 4 members (excludes halogenated alkanes) is 1. The van der Waals surface area contributed by atoms with E-state index in [1.807, 2.05) is 6.92 Å². The van der Waals surface area contributed by atoms with Crippen LogP contribution in [-0.2, 0) is 17.5 Å². The molecule has 2 rings (SSSR count). The van der Waals surface area contributed by atoms with Gasteiger partial charge in [0.25, 0.3) is 0 Å². The largest absolute Gasteiger partial charge is 0.461 e. The normalized spacial score (nSPS) is 11.6. The van der Waals surface area contributed by atoms with Gasteiger partial charge in [0.15, 0.2) is 5.69 Å². The Kier molecular flexibility index (Phi) is 5.71. The Bertz CT molecular complexity index is 737. The molecule has 0 radical (unpaired) electrons. The zero-order valence-corrected chi connectivity index (χ0v) is 14.1. The van der Waals surface area contributed by atoms with E-state index in [0.29, 0.717) is 12.1 Å². The predicted octanol–water partition coefficient (Wildman–Crippen LogP) is 4.13. The van der Waals surface area contributed by atoms with Crippen molar-refractivity contribution in [2.75, 3.05) is 12.3 Å². The van der Waals surface area contributed by atoms with Gasteiger partial charge in [-0.3, -0.25) is 4.68 Å². The molecule has 0 aliphatic heterocycles. The van der Waals surface area contributed by atoms with Crippen LogP contribution in [-0.4, -0.2) is 22.4 Å². The molecule has 0 spiro atoms. The maximum atomic E-state index is 12.7. The molecule has 0 saturated heterocycles. The van der Waals surface area contributed by atoms with Crippen molar-refractivity contribution in [1.82, 2.24) is 9.78 Å². The summed E-state index contributed by atoms with van der Waals surface area (Å²) in [6.07, 6.45) is -2.75. The van der Waals surface area contributed by atoms with E-state index in [0.717, 1.165) is 25.0 Å². The summed E-state index contributed by atoms with van der Waals surface area (Å²) in [6.45, 7) is 4.33. The number of carbonyl (C=O) groups is 1. The van der Waals surface area contributed by atoms with Crippen LogP contribution in [0.25, 0.3) is 11.3 Å². The topological polar surface area (TPSA) is 70.1 Å². The summed E-state index contributed by atoms with van der Waals surface area (Å²) in [7, 11) is 0. The number of nitrogen functional groups attached to an aromatic ring is 1. The number of nitrogens with two attached hydrogens (primary N) is 1. The number of aryl methyl sites for hydroxylation is 1. The molecule has 0 saturated carbocycles. The van der Waals surface area contributed by atoms with Gasteiger partial charge in [-0.2, -0.15) is 18.3 Å². The Morgan fingerprint density at radius 2 is 1.88 bits per heavy atom. The summed E-state index contributed by atoms with van der Waals surface area (Å²) >= 11 is 0. The molecular weight excluding hydrogens is 335 g/mol. The van der Waals surface area contributed by atoms with E-state index < -0.39 is 17.7 Å². The average molecular weight is 355 g/mol. The Morgan fingerprint density at radius 3 is 2.40 bits per heavy atom. The summed E-state index contributed by atoms with van der Waals surface area (Å²) in [6, 6.07) is 4.51. The molecule has 1 aromatic carbocycles. The molecule has 1 heterocycles. The van der Waals surface area contributed by atoms with Crippen LogP contribution < -0.4 is 5.73 Å². The SMILES string of the molecule is CCCCn1nc(-c2ccc(C(F)(F)F)cc2)c(N)c1C(=O)OCC. The molecule has 136 valence electrons. The van der Waals surface area contributed by atoms with Crippen molar-refractivity contribution in [3.63, 3.8) is 0 Å². The molecule has 5 nitrogen and oxygen atoms in total. The fourth-order valence-corrected chi connectivity index (χ4v) is 2.39. The van der Waals surface area contributed by atoms with Crippen molar-refractivity contribution in [2.45, 2.75) is 39.4 Å². The molecule has 0 unspecified atom stereocenters. The second-order valence-corrected chi connectivity index (χ2v) is 5.48. The Labute approximate surface area is 143 Å². The van der Waals surface area contributed by atoms with Crippen molar-refractivity contribution in [2.24, 2.45) is 0 Å². The van der Waals surface area contributed by atoms with Crippen LogP contribution in [0.1, 0.15) is 42.7 Å². The van der Waals surface area contributed by atoms with Crippen molar-refractivity contribution in [3.8, 4) is 11.3 Å². The molecule has 0 atom stereocenters. The number of hydrogen-bond donors (Lipinski definition) is 1. The van der Waals surface area contributed by atoms with E-state index in [9.17, 15) is 18.0 Å². The van der Waals surface area contributed by atoms with Crippen LogP contribution in [0.5, 0.6) is 0 Å². The number of benzene rings is 1. The Hall–Kier alpha value is -2.51. The highest BCUT2D eigenvalue weighted by Crippen LogP contribution is 2.33. The van der Waals surface area contributed by atoms with Gasteiger partial charge >= 0.3 is 12.1 Å². The van der Waals surface area contributed by atoms with Gasteiger partial charge in [0, 0.05) is 12.1 Å². The molecule has 0 aliphatic rings. The van der Waals surface area contributed by atoms with E-state index >= 15 is 0 Å². The second kappa shape index (κ2) is 7.58. The lowest BCUT2D eigenvalue weighted by molar-refractivity contribution is -0.137. The molecule has 0 bridgehead atoms. The number of nitrogens with zero attached hydrogens (tertiary/aromatic N) is 2. The fourth-order valence-electron chi connectivity index (χ4n) is 2.39. The van der Waals surface area contributed by atoms with Crippen LogP contribution in [0.3, 0.4) is 0 Å². The van der Waals surface area contributed by atoms with Crippen molar-refractivity contribution < 1.29 is 22.7 Å². The van der Waals surface area contributed by atoms with E-state index in [-0.39, 0.29) is 23.7 Å². The molecule has 0 aliphatic carbocycles. The third-order valence-corrected chi connectivity index (χ3v) is 3.67. The summed E-state index contributed by atoms with van der Waals surface area (Å²) in [5.41, 5.74) is 6.21. The van der Waals surface area contributed by atoms with Crippen LogP contribution in [0.2, 0.25) is 0 Å². The zero-order chi connectivity index (χ0) is 18.6. The smallest absolute Gasteiger partial charge is 0.416 e. The number of alkyl halides is 3. The fraction of sp³-hybridized carbons (Fsp3) is 0.412. The van der Waals surface area contributed by atoms with Crippen molar-refractivity contribution in [3.05, 3.63) is 35.5 Å². The average Bonchev–Trinajstić information content (AvgIpc) is 2.89. The van der Waals surface area contributed by atoms with Gasteiger partial charge in [-0.15, -0.1) is 0 Å². The minimum Gasteiger partial charge on any atom is -0.461 e. The Balaban J connectivity index is 2.45. The number of halogens is 3. The maximum Gasteiger partial charge on any atom is 0.416 e. The summed E-state index contributed by atoms with van der Waals surface area (Å²) in [5.74, 6) is -0.596. The first-order chi connectivity index (χ1) is 11.8. The van der Waals surface area contributed by atoms with Gasteiger partial charge in [-0.1, -0.05) is 25.5 Å². The van der Waals surface area contributed by atoms with Gasteiger partial charge < -0.3 is 10.5 Å². The number of aromatic nitrogens is 2. The molecule has 2 aromatic rings. The van der Waals surface area contributed by atoms with Crippen LogP contribution in [0.15, 0.2) is 24.3 Å². The number of carbonyl (C=O) groups excluding carboxylic acids is 1. The first kappa shape index (κ1) is 18.8.